The molecule has 3 aromatic rings. The van der Waals surface area contributed by atoms with Crippen molar-refractivity contribution in [2.45, 2.75) is 32.2 Å². The highest BCUT2D eigenvalue weighted by molar-refractivity contribution is 5.93. The Morgan fingerprint density at radius 2 is 2.03 bits per heavy atom. The van der Waals surface area contributed by atoms with Crippen LogP contribution in [0.1, 0.15) is 45.9 Å². The topological polar surface area (TPSA) is 77.5 Å². The van der Waals surface area contributed by atoms with E-state index in [1.54, 1.807) is 6.20 Å². The summed E-state index contributed by atoms with van der Waals surface area (Å²) in [5.74, 6) is -0.951. The van der Waals surface area contributed by atoms with Crippen LogP contribution in [0.5, 0.6) is 0 Å². The van der Waals surface area contributed by atoms with Crippen molar-refractivity contribution in [2.24, 2.45) is 0 Å². The SMILES string of the molecule is Cc1cc(N2CCCC2)ccc1-c1ccc2c(c1)CCNC2CNc1cnccc1C(=O)O. The van der Waals surface area contributed by atoms with Crippen LogP contribution in [-0.2, 0) is 6.42 Å². The molecule has 2 aliphatic rings. The van der Waals surface area contributed by atoms with Gasteiger partial charge in [0.15, 0.2) is 0 Å². The smallest absolute Gasteiger partial charge is 0.337 e. The highest BCUT2D eigenvalue weighted by Gasteiger charge is 2.21. The molecule has 0 spiro atoms. The number of nitrogens with zero attached hydrogens (tertiary/aromatic N) is 2. The first-order valence-corrected chi connectivity index (χ1v) is 11.7. The number of aryl methyl sites for hydroxylation is 1. The van der Waals surface area contributed by atoms with Crippen molar-refractivity contribution in [1.82, 2.24) is 10.3 Å². The molecule has 0 bridgehead atoms. The van der Waals surface area contributed by atoms with E-state index < -0.39 is 5.97 Å². The van der Waals surface area contributed by atoms with Gasteiger partial charge in [0.25, 0.3) is 0 Å². The fourth-order valence-corrected chi connectivity index (χ4v) is 5.08. The Morgan fingerprint density at radius 3 is 2.82 bits per heavy atom. The molecular weight excluding hydrogens is 412 g/mol. The normalized spacial score (nSPS) is 17.6. The molecule has 1 saturated heterocycles. The van der Waals surface area contributed by atoms with Crippen LogP contribution in [-0.4, -0.2) is 42.2 Å². The van der Waals surface area contributed by atoms with Gasteiger partial charge in [-0.25, -0.2) is 4.79 Å². The first-order valence-electron chi connectivity index (χ1n) is 11.7. The van der Waals surface area contributed by atoms with E-state index in [0.29, 0.717) is 12.2 Å². The summed E-state index contributed by atoms with van der Waals surface area (Å²) in [6, 6.07) is 15.2. The van der Waals surface area contributed by atoms with Gasteiger partial charge in [-0.15, -0.1) is 0 Å². The van der Waals surface area contributed by atoms with Crippen LogP contribution in [0, 0.1) is 6.92 Å². The molecule has 2 aromatic carbocycles. The zero-order valence-electron chi connectivity index (χ0n) is 19.0. The van der Waals surface area contributed by atoms with E-state index in [2.05, 4.69) is 63.8 Å². The molecule has 0 radical (unpaired) electrons. The summed E-state index contributed by atoms with van der Waals surface area (Å²) in [7, 11) is 0. The van der Waals surface area contributed by atoms with Crippen molar-refractivity contribution in [3.8, 4) is 11.1 Å². The van der Waals surface area contributed by atoms with Crippen molar-refractivity contribution in [3.05, 3.63) is 77.1 Å². The van der Waals surface area contributed by atoms with Crippen LogP contribution in [0.2, 0.25) is 0 Å². The molecule has 1 unspecified atom stereocenters. The number of nitrogens with one attached hydrogen (secondary N) is 2. The summed E-state index contributed by atoms with van der Waals surface area (Å²) in [5.41, 5.74) is 8.59. The van der Waals surface area contributed by atoms with Gasteiger partial charge in [-0.1, -0.05) is 24.3 Å². The number of carboxylic acids is 1. The summed E-state index contributed by atoms with van der Waals surface area (Å²) >= 11 is 0. The molecule has 1 atom stereocenters. The van der Waals surface area contributed by atoms with Crippen molar-refractivity contribution < 1.29 is 9.90 Å². The van der Waals surface area contributed by atoms with E-state index in [0.717, 1.165) is 26.1 Å². The standard InChI is InChI=1S/C27H30N4O2/c1-18-14-21(31-12-2-3-13-31)5-7-22(18)19-4-6-23-20(15-19)8-11-29-26(23)17-30-25-16-28-10-9-24(25)27(32)33/h4-7,9-10,14-16,26,29-30H,2-3,8,11-13,17H2,1H3,(H,32,33). The van der Waals surface area contributed by atoms with Crippen molar-refractivity contribution in [2.75, 3.05) is 36.4 Å². The molecule has 33 heavy (non-hydrogen) atoms. The van der Waals surface area contributed by atoms with Crippen molar-refractivity contribution >= 4 is 17.3 Å². The molecule has 3 heterocycles. The number of pyridine rings is 1. The lowest BCUT2D eigenvalue weighted by atomic mass is 9.89. The quantitative estimate of drug-likeness (QED) is 0.516. The summed E-state index contributed by atoms with van der Waals surface area (Å²) in [5, 5.41) is 16.3. The Balaban J connectivity index is 1.35. The maximum Gasteiger partial charge on any atom is 0.337 e. The molecule has 1 fully saturated rings. The number of anilines is 2. The zero-order valence-corrected chi connectivity index (χ0v) is 19.0. The van der Waals surface area contributed by atoms with Gasteiger partial charge >= 0.3 is 5.97 Å². The number of hydrogen-bond acceptors (Lipinski definition) is 5. The highest BCUT2D eigenvalue weighted by Crippen LogP contribution is 2.33. The number of benzene rings is 2. The Kier molecular flexibility index (Phi) is 6.01. The lowest BCUT2D eigenvalue weighted by Gasteiger charge is -2.28. The number of aromatic carboxylic acids is 1. The maximum atomic E-state index is 11.5. The van der Waals surface area contributed by atoms with Crippen LogP contribution >= 0.6 is 0 Å². The number of aromatic nitrogens is 1. The molecule has 2 aliphatic heterocycles. The molecule has 0 amide bonds. The lowest BCUT2D eigenvalue weighted by molar-refractivity contribution is 0.0697. The van der Waals surface area contributed by atoms with Gasteiger partial charge in [0, 0.05) is 37.6 Å². The third kappa shape index (κ3) is 4.44. The third-order valence-electron chi connectivity index (χ3n) is 6.84. The minimum absolute atomic E-state index is 0.114. The average Bonchev–Trinajstić information content (AvgIpc) is 3.37. The van der Waals surface area contributed by atoms with Gasteiger partial charge in [0.2, 0.25) is 0 Å². The molecule has 0 aliphatic carbocycles. The fourth-order valence-electron chi connectivity index (χ4n) is 5.08. The number of hydrogen-bond donors (Lipinski definition) is 3. The predicted molar refractivity (Wildman–Crippen MR) is 132 cm³/mol. The van der Waals surface area contributed by atoms with Crippen molar-refractivity contribution in [1.29, 1.82) is 0 Å². The molecule has 6 nitrogen and oxygen atoms in total. The van der Waals surface area contributed by atoms with E-state index in [1.165, 1.54) is 58.6 Å². The number of carboxylic acid groups (broad SMARTS) is 1. The van der Waals surface area contributed by atoms with E-state index in [4.69, 9.17) is 0 Å². The Hall–Kier alpha value is -3.38. The average molecular weight is 443 g/mol. The van der Waals surface area contributed by atoms with E-state index in [9.17, 15) is 9.90 Å². The van der Waals surface area contributed by atoms with Crippen LogP contribution in [0.3, 0.4) is 0 Å². The fraction of sp³-hybridized carbons (Fsp3) is 0.333. The Morgan fingerprint density at radius 1 is 1.18 bits per heavy atom. The van der Waals surface area contributed by atoms with E-state index in [1.807, 2.05) is 0 Å². The Bertz CT molecular complexity index is 1170. The third-order valence-corrected chi connectivity index (χ3v) is 6.84. The number of fused-ring (bicyclic) bond motifs is 1. The van der Waals surface area contributed by atoms with E-state index in [-0.39, 0.29) is 11.6 Å². The minimum atomic E-state index is -0.951. The van der Waals surface area contributed by atoms with Gasteiger partial charge < -0.3 is 20.6 Å². The van der Waals surface area contributed by atoms with Crippen LogP contribution < -0.4 is 15.5 Å². The van der Waals surface area contributed by atoms with Crippen LogP contribution in [0.15, 0.2) is 54.9 Å². The molecular formula is C27H30N4O2. The second-order valence-electron chi connectivity index (χ2n) is 8.97. The van der Waals surface area contributed by atoms with Gasteiger partial charge in [-0.05, 0) is 78.7 Å². The molecule has 170 valence electrons. The minimum Gasteiger partial charge on any atom is -0.478 e. The maximum absolute atomic E-state index is 11.5. The number of rotatable bonds is 6. The summed E-state index contributed by atoms with van der Waals surface area (Å²) < 4.78 is 0. The predicted octanol–water partition coefficient (Wildman–Crippen LogP) is 4.65. The first-order chi connectivity index (χ1) is 16.1. The second kappa shape index (κ2) is 9.24. The largest absolute Gasteiger partial charge is 0.478 e. The molecule has 5 rings (SSSR count). The van der Waals surface area contributed by atoms with Gasteiger partial charge in [0.1, 0.15) is 0 Å². The van der Waals surface area contributed by atoms with E-state index >= 15 is 0 Å². The summed E-state index contributed by atoms with van der Waals surface area (Å²) in [6.07, 6.45) is 6.63. The lowest BCUT2D eigenvalue weighted by Crippen LogP contribution is -2.34. The zero-order chi connectivity index (χ0) is 22.8. The Labute approximate surface area is 194 Å². The molecule has 0 saturated carbocycles. The highest BCUT2D eigenvalue weighted by atomic mass is 16.4. The second-order valence-corrected chi connectivity index (χ2v) is 8.97. The van der Waals surface area contributed by atoms with Crippen LogP contribution in [0.4, 0.5) is 11.4 Å². The molecule has 3 N–H and O–H groups in total. The first kappa shape index (κ1) is 21.5. The van der Waals surface area contributed by atoms with Gasteiger partial charge in [-0.2, -0.15) is 0 Å². The monoisotopic (exact) mass is 442 g/mol. The van der Waals surface area contributed by atoms with Crippen molar-refractivity contribution in [3.63, 3.8) is 0 Å². The summed E-state index contributed by atoms with van der Waals surface area (Å²) in [6.45, 7) is 6.02. The molecule has 1 aromatic heterocycles. The van der Waals surface area contributed by atoms with Gasteiger partial charge in [0.05, 0.1) is 17.4 Å². The summed E-state index contributed by atoms with van der Waals surface area (Å²) in [4.78, 5) is 18.0. The van der Waals surface area contributed by atoms with Gasteiger partial charge in [-0.3, -0.25) is 4.98 Å². The number of carbonyl (C=O) groups is 1. The van der Waals surface area contributed by atoms with Crippen LogP contribution in [0.25, 0.3) is 11.1 Å². The molecule has 6 heteroatoms.